The number of hydrogen-bond acceptors (Lipinski definition) is 2. The molecule has 2 nitrogen and oxygen atoms in total. The molecule has 0 radical (unpaired) electrons. The van der Waals surface area contributed by atoms with Crippen molar-refractivity contribution in [2.24, 2.45) is 11.8 Å². The molecule has 0 saturated heterocycles. The molecule has 1 amide bonds. The number of amides is 1. The fraction of sp³-hybridized carbons (Fsp3) is 0.889. The molecule has 1 aliphatic rings. The lowest BCUT2D eigenvalue weighted by atomic mass is 10.1. The second kappa shape index (κ2) is 4.17. The summed E-state index contributed by atoms with van der Waals surface area (Å²) < 4.78 is 0. The van der Waals surface area contributed by atoms with Gasteiger partial charge in [-0.05, 0) is 18.8 Å². The fourth-order valence-electron chi connectivity index (χ4n) is 0.947. The molecule has 1 fully saturated rings. The second-order valence-corrected chi connectivity index (χ2v) is 4.53. The third-order valence-electron chi connectivity index (χ3n) is 2.40. The normalized spacial score (nSPS) is 21.6. The first-order valence-electron chi connectivity index (χ1n) is 4.57. The van der Waals surface area contributed by atoms with E-state index in [1.165, 1.54) is 12.8 Å². The lowest BCUT2D eigenvalue weighted by molar-refractivity contribution is -0.124. The highest BCUT2D eigenvalue weighted by atomic mass is 32.1. The van der Waals surface area contributed by atoms with Gasteiger partial charge in [0.1, 0.15) is 0 Å². The fourth-order valence-corrected chi connectivity index (χ4v) is 1.08. The van der Waals surface area contributed by atoms with E-state index >= 15 is 0 Å². The van der Waals surface area contributed by atoms with E-state index in [0.717, 1.165) is 12.5 Å². The lowest BCUT2D eigenvalue weighted by Gasteiger charge is -2.14. The summed E-state index contributed by atoms with van der Waals surface area (Å²) in [6.07, 6.45) is 2.57. The molecule has 2 atom stereocenters. The van der Waals surface area contributed by atoms with E-state index in [4.69, 9.17) is 0 Å². The van der Waals surface area contributed by atoms with Gasteiger partial charge in [0.2, 0.25) is 5.91 Å². The highest BCUT2D eigenvalue weighted by molar-refractivity contribution is 7.81. The minimum atomic E-state index is 0.0204. The SMILES string of the molecule is CC(S)C(C)C(=O)NCC1CC1. The number of nitrogens with one attached hydrogen (secondary N) is 1. The van der Waals surface area contributed by atoms with Crippen molar-refractivity contribution in [2.75, 3.05) is 6.54 Å². The quantitative estimate of drug-likeness (QED) is 0.641. The summed E-state index contributed by atoms with van der Waals surface area (Å²) in [4.78, 5) is 11.4. The minimum Gasteiger partial charge on any atom is -0.356 e. The van der Waals surface area contributed by atoms with Gasteiger partial charge in [0.25, 0.3) is 0 Å². The van der Waals surface area contributed by atoms with Gasteiger partial charge in [-0.25, -0.2) is 0 Å². The highest BCUT2D eigenvalue weighted by Gasteiger charge is 2.23. The Morgan fingerprint density at radius 3 is 2.58 bits per heavy atom. The molecular weight excluding hydrogens is 170 g/mol. The maximum atomic E-state index is 11.4. The van der Waals surface area contributed by atoms with E-state index in [1.54, 1.807) is 0 Å². The van der Waals surface area contributed by atoms with Gasteiger partial charge in [-0.3, -0.25) is 4.79 Å². The molecule has 3 heteroatoms. The molecule has 0 heterocycles. The van der Waals surface area contributed by atoms with Crippen molar-refractivity contribution in [3.05, 3.63) is 0 Å². The molecule has 12 heavy (non-hydrogen) atoms. The van der Waals surface area contributed by atoms with Crippen molar-refractivity contribution in [2.45, 2.75) is 31.9 Å². The zero-order valence-electron chi connectivity index (χ0n) is 7.71. The number of thiol groups is 1. The molecule has 2 unspecified atom stereocenters. The van der Waals surface area contributed by atoms with E-state index in [2.05, 4.69) is 17.9 Å². The molecule has 0 spiro atoms. The van der Waals surface area contributed by atoms with Crippen LogP contribution in [0.25, 0.3) is 0 Å². The second-order valence-electron chi connectivity index (χ2n) is 3.72. The smallest absolute Gasteiger partial charge is 0.223 e. The maximum absolute atomic E-state index is 11.4. The van der Waals surface area contributed by atoms with E-state index in [-0.39, 0.29) is 17.1 Å². The first-order chi connectivity index (χ1) is 5.61. The van der Waals surface area contributed by atoms with Crippen molar-refractivity contribution >= 4 is 18.5 Å². The molecular formula is C9H17NOS. The Labute approximate surface area is 79.5 Å². The van der Waals surface area contributed by atoms with Gasteiger partial charge < -0.3 is 5.32 Å². The summed E-state index contributed by atoms with van der Waals surface area (Å²) >= 11 is 4.23. The number of carbonyl (C=O) groups excluding carboxylic acids is 1. The number of rotatable bonds is 4. The summed E-state index contributed by atoms with van der Waals surface area (Å²) in [5.41, 5.74) is 0. The van der Waals surface area contributed by atoms with Crippen LogP contribution >= 0.6 is 12.6 Å². The summed E-state index contributed by atoms with van der Waals surface area (Å²) in [7, 11) is 0. The van der Waals surface area contributed by atoms with E-state index in [9.17, 15) is 4.79 Å². The van der Waals surface area contributed by atoms with Crippen molar-refractivity contribution in [1.29, 1.82) is 0 Å². The topological polar surface area (TPSA) is 29.1 Å². The lowest BCUT2D eigenvalue weighted by Crippen LogP contribution is -2.34. The standard InChI is InChI=1S/C9H17NOS/c1-6(7(2)12)9(11)10-5-8-3-4-8/h6-8,12H,3-5H2,1-2H3,(H,10,11). The highest BCUT2D eigenvalue weighted by Crippen LogP contribution is 2.27. The van der Waals surface area contributed by atoms with Gasteiger partial charge >= 0.3 is 0 Å². The number of carbonyl (C=O) groups is 1. The van der Waals surface area contributed by atoms with E-state index in [1.807, 2.05) is 13.8 Å². The van der Waals surface area contributed by atoms with Gasteiger partial charge in [-0.1, -0.05) is 13.8 Å². The van der Waals surface area contributed by atoms with Crippen LogP contribution in [-0.4, -0.2) is 17.7 Å². The van der Waals surface area contributed by atoms with Crippen LogP contribution in [0.4, 0.5) is 0 Å². The Hall–Kier alpha value is -0.180. The van der Waals surface area contributed by atoms with Gasteiger partial charge in [0, 0.05) is 17.7 Å². The third kappa shape index (κ3) is 3.05. The minimum absolute atomic E-state index is 0.0204. The average Bonchev–Trinajstić information content (AvgIpc) is 2.81. The van der Waals surface area contributed by atoms with Crippen LogP contribution in [-0.2, 0) is 4.79 Å². The molecule has 1 saturated carbocycles. The molecule has 70 valence electrons. The van der Waals surface area contributed by atoms with Crippen LogP contribution in [0.1, 0.15) is 26.7 Å². The molecule has 1 N–H and O–H groups in total. The molecule has 0 bridgehead atoms. The number of hydrogen-bond donors (Lipinski definition) is 2. The third-order valence-corrected chi connectivity index (χ3v) is 2.85. The van der Waals surface area contributed by atoms with Crippen molar-refractivity contribution < 1.29 is 4.79 Å². The van der Waals surface area contributed by atoms with Crippen molar-refractivity contribution in [1.82, 2.24) is 5.32 Å². The maximum Gasteiger partial charge on any atom is 0.223 e. The van der Waals surface area contributed by atoms with Crippen molar-refractivity contribution in [3.63, 3.8) is 0 Å². The summed E-state index contributed by atoms with van der Waals surface area (Å²) in [6, 6.07) is 0. The zero-order valence-corrected chi connectivity index (χ0v) is 8.60. The molecule has 1 aliphatic carbocycles. The Morgan fingerprint density at radius 2 is 2.17 bits per heavy atom. The van der Waals surface area contributed by atoms with Gasteiger partial charge in [0.05, 0.1) is 0 Å². The zero-order chi connectivity index (χ0) is 9.14. The molecule has 1 rings (SSSR count). The van der Waals surface area contributed by atoms with Crippen LogP contribution in [0.15, 0.2) is 0 Å². The van der Waals surface area contributed by atoms with Crippen LogP contribution < -0.4 is 5.32 Å². The Kier molecular flexibility index (Phi) is 3.44. The van der Waals surface area contributed by atoms with Crippen molar-refractivity contribution in [3.8, 4) is 0 Å². The Bertz CT molecular complexity index is 166. The van der Waals surface area contributed by atoms with Gasteiger partial charge in [-0.2, -0.15) is 12.6 Å². The Balaban J connectivity index is 2.16. The average molecular weight is 187 g/mol. The van der Waals surface area contributed by atoms with Crippen LogP contribution in [0, 0.1) is 11.8 Å². The molecule has 0 aromatic carbocycles. The van der Waals surface area contributed by atoms with E-state index in [0.29, 0.717) is 0 Å². The molecule has 0 aliphatic heterocycles. The summed E-state index contributed by atoms with van der Waals surface area (Å²) in [5.74, 6) is 0.924. The summed E-state index contributed by atoms with van der Waals surface area (Å²) in [5, 5.41) is 3.08. The summed E-state index contributed by atoms with van der Waals surface area (Å²) in [6.45, 7) is 4.73. The Morgan fingerprint density at radius 1 is 1.58 bits per heavy atom. The van der Waals surface area contributed by atoms with Gasteiger partial charge in [0.15, 0.2) is 0 Å². The predicted molar refractivity (Wildman–Crippen MR) is 53.3 cm³/mol. The van der Waals surface area contributed by atoms with Gasteiger partial charge in [-0.15, -0.1) is 0 Å². The van der Waals surface area contributed by atoms with Crippen LogP contribution in [0.2, 0.25) is 0 Å². The molecule has 0 aromatic rings. The predicted octanol–water partition coefficient (Wildman–Crippen LogP) is 1.47. The first-order valence-corrected chi connectivity index (χ1v) is 5.08. The first kappa shape index (κ1) is 9.90. The molecule has 0 aromatic heterocycles. The monoisotopic (exact) mass is 187 g/mol. The van der Waals surface area contributed by atoms with Crippen LogP contribution in [0.3, 0.4) is 0 Å². The largest absolute Gasteiger partial charge is 0.356 e. The van der Waals surface area contributed by atoms with Crippen LogP contribution in [0.5, 0.6) is 0 Å². The van der Waals surface area contributed by atoms with E-state index < -0.39 is 0 Å².